The lowest BCUT2D eigenvalue weighted by Gasteiger charge is -2.08. The zero-order chi connectivity index (χ0) is 15.6. The Bertz CT molecular complexity index is 893. The summed E-state index contributed by atoms with van der Waals surface area (Å²) >= 11 is 0.963. The van der Waals surface area contributed by atoms with E-state index in [9.17, 15) is 8.42 Å². The lowest BCUT2D eigenvalue weighted by molar-refractivity contribution is 0.312. The Morgan fingerprint density at radius 2 is 2.00 bits per heavy atom. The molecule has 10 heteroatoms. The van der Waals surface area contributed by atoms with Crippen LogP contribution in [0.5, 0.6) is 6.01 Å². The molecular weight excluding hydrogens is 326 g/mol. The highest BCUT2D eigenvalue weighted by atomic mass is 32.2. The molecule has 0 amide bonds. The summed E-state index contributed by atoms with van der Waals surface area (Å²) in [6, 6.07) is 4.99. The number of aromatic nitrogens is 4. The summed E-state index contributed by atoms with van der Waals surface area (Å²) in [5.41, 5.74) is 1.12. The van der Waals surface area contributed by atoms with Crippen LogP contribution in [-0.4, -0.2) is 33.7 Å². The maximum Gasteiger partial charge on any atom is 0.316 e. The van der Waals surface area contributed by atoms with Crippen LogP contribution in [0.15, 0.2) is 35.5 Å². The second-order valence-electron chi connectivity index (χ2n) is 4.18. The van der Waals surface area contributed by atoms with Gasteiger partial charge in [-0.3, -0.25) is 4.72 Å². The van der Waals surface area contributed by atoms with E-state index in [0.29, 0.717) is 17.6 Å². The van der Waals surface area contributed by atoms with Crippen molar-refractivity contribution >= 4 is 38.5 Å². The third kappa shape index (κ3) is 2.83. The van der Waals surface area contributed by atoms with Crippen molar-refractivity contribution in [2.75, 3.05) is 11.3 Å². The zero-order valence-corrected chi connectivity index (χ0v) is 13.1. The van der Waals surface area contributed by atoms with E-state index < -0.39 is 10.0 Å². The minimum atomic E-state index is -3.80. The summed E-state index contributed by atoms with van der Waals surface area (Å²) < 4.78 is 40.5. The molecule has 0 aliphatic carbocycles. The van der Waals surface area contributed by atoms with Gasteiger partial charge < -0.3 is 4.74 Å². The van der Waals surface area contributed by atoms with Crippen molar-refractivity contribution in [2.45, 2.75) is 11.8 Å². The number of fused-ring (bicyclic) bond motifs is 1. The molecule has 0 saturated carbocycles. The van der Waals surface area contributed by atoms with Gasteiger partial charge in [0.05, 0.1) is 36.4 Å². The van der Waals surface area contributed by atoms with Crippen molar-refractivity contribution in [3.05, 3.63) is 30.6 Å². The highest BCUT2D eigenvalue weighted by Crippen LogP contribution is 2.23. The van der Waals surface area contributed by atoms with Gasteiger partial charge in [-0.1, -0.05) is 6.07 Å². The SMILES string of the molecule is CCOc1ncc(NS(=O)(=O)c2cccc3nsnc23)cn1. The molecule has 0 saturated heterocycles. The monoisotopic (exact) mass is 337 g/mol. The molecule has 0 unspecified atom stereocenters. The molecule has 8 nitrogen and oxygen atoms in total. The molecule has 114 valence electrons. The van der Waals surface area contributed by atoms with E-state index in [1.807, 2.05) is 6.92 Å². The largest absolute Gasteiger partial charge is 0.464 e. The Labute approximate surface area is 130 Å². The minimum absolute atomic E-state index is 0.0626. The quantitative estimate of drug-likeness (QED) is 0.754. The predicted molar refractivity (Wildman–Crippen MR) is 81.4 cm³/mol. The number of ether oxygens (including phenoxy) is 1. The number of nitrogens with one attached hydrogen (secondary N) is 1. The topological polar surface area (TPSA) is 107 Å². The lowest BCUT2D eigenvalue weighted by atomic mass is 10.3. The molecule has 0 aliphatic heterocycles. The van der Waals surface area contributed by atoms with E-state index in [2.05, 4.69) is 23.4 Å². The molecule has 0 atom stereocenters. The van der Waals surface area contributed by atoms with Gasteiger partial charge in [-0.05, 0) is 19.1 Å². The smallest absolute Gasteiger partial charge is 0.316 e. The first-order valence-corrected chi connectivity index (χ1v) is 8.50. The number of benzene rings is 1. The number of hydrogen-bond donors (Lipinski definition) is 1. The van der Waals surface area contributed by atoms with Gasteiger partial charge in [-0.25, -0.2) is 18.4 Å². The molecule has 1 aromatic carbocycles. The molecule has 0 fully saturated rings. The number of sulfonamides is 1. The van der Waals surface area contributed by atoms with Crippen molar-refractivity contribution in [1.29, 1.82) is 0 Å². The van der Waals surface area contributed by atoms with Gasteiger partial charge in [-0.15, -0.1) is 0 Å². The Morgan fingerprint density at radius 3 is 2.73 bits per heavy atom. The minimum Gasteiger partial charge on any atom is -0.464 e. The van der Waals surface area contributed by atoms with E-state index in [1.165, 1.54) is 18.5 Å². The van der Waals surface area contributed by atoms with Gasteiger partial charge in [-0.2, -0.15) is 8.75 Å². The summed E-state index contributed by atoms with van der Waals surface area (Å²) in [7, 11) is -3.80. The standard InChI is InChI=1S/C12H11N5O3S2/c1-2-20-12-13-6-8(7-14-12)17-22(18,19)10-5-3-4-9-11(10)16-21-15-9/h3-7,17H,2H2,1H3. The normalized spacial score (nSPS) is 11.5. The summed E-state index contributed by atoms with van der Waals surface area (Å²) in [5.74, 6) is 0. The van der Waals surface area contributed by atoms with E-state index in [4.69, 9.17) is 4.74 Å². The van der Waals surface area contributed by atoms with Crippen molar-refractivity contribution in [3.63, 3.8) is 0 Å². The number of hydrogen-bond acceptors (Lipinski definition) is 8. The van der Waals surface area contributed by atoms with Crippen LogP contribution in [0.3, 0.4) is 0 Å². The van der Waals surface area contributed by atoms with Crippen LogP contribution in [0.1, 0.15) is 6.92 Å². The fourth-order valence-corrected chi connectivity index (χ4v) is 3.58. The summed E-state index contributed by atoms with van der Waals surface area (Å²) in [6.45, 7) is 2.24. The predicted octanol–water partition coefficient (Wildman–Crippen LogP) is 1.68. The van der Waals surface area contributed by atoms with E-state index >= 15 is 0 Å². The molecule has 0 spiro atoms. The van der Waals surface area contributed by atoms with Gasteiger partial charge >= 0.3 is 6.01 Å². The number of anilines is 1. The summed E-state index contributed by atoms with van der Waals surface area (Å²) in [5, 5.41) is 0. The molecule has 22 heavy (non-hydrogen) atoms. The van der Waals surface area contributed by atoms with Crippen LogP contribution in [-0.2, 0) is 10.0 Å². The fraction of sp³-hybridized carbons (Fsp3) is 0.167. The number of rotatable bonds is 5. The average molecular weight is 337 g/mol. The zero-order valence-electron chi connectivity index (χ0n) is 11.4. The maximum absolute atomic E-state index is 12.5. The van der Waals surface area contributed by atoms with E-state index in [0.717, 1.165) is 11.7 Å². The maximum atomic E-state index is 12.5. The third-order valence-corrected chi connectivity index (χ3v) is 4.65. The molecule has 3 aromatic rings. The average Bonchev–Trinajstić information content (AvgIpc) is 2.97. The molecule has 2 heterocycles. The second kappa shape index (κ2) is 5.81. The van der Waals surface area contributed by atoms with Gasteiger partial charge in [0, 0.05) is 0 Å². The summed E-state index contributed by atoms with van der Waals surface area (Å²) in [4.78, 5) is 7.89. The fourth-order valence-electron chi connectivity index (χ4n) is 1.78. The highest BCUT2D eigenvalue weighted by Gasteiger charge is 2.20. The molecule has 3 rings (SSSR count). The van der Waals surface area contributed by atoms with Gasteiger partial charge in [0.25, 0.3) is 10.0 Å². The number of nitrogens with zero attached hydrogens (tertiary/aromatic N) is 4. The third-order valence-electron chi connectivity index (χ3n) is 2.69. The molecule has 2 aromatic heterocycles. The van der Waals surface area contributed by atoms with Crippen LogP contribution < -0.4 is 9.46 Å². The second-order valence-corrected chi connectivity index (χ2v) is 6.36. The molecule has 0 bridgehead atoms. The van der Waals surface area contributed by atoms with E-state index in [-0.39, 0.29) is 16.6 Å². The Kier molecular flexibility index (Phi) is 3.86. The van der Waals surface area contributed by atoms with Crippen LogP contribution in [0.4, 0.5) is 5.69 Å². The molecule has 1 N–H and O–H groups in total. The van der Waals surface area contributed by atoms with Crippen LogP contribution >= 0.6 is 11.7 Å². The Morgan fingerprint density at radius 1 is 1.23 bits per heavy atom. The van der Waals surface area contributed by atoms with Crippen molar-refractivity contribution < 1.29 is 13.2 Å². The van der Waals surface area contributed by atoms with Crippen LogP contribution in [0.2, 0.25) is 0 Å². The van der Waals surface area contributed by atoms with Gasteiger partial charge in [0.15, 0.2) is 0 Å². The Balaban J connectivity index is 1.91. The van der Waals surface area contributed by atoms with Gasteiger partial charge in [0.2, 0.25) is 0 Å². The van der Waals surface area contributed by atoms with Gasteiger partial charge in [0.1, 0.15) is 15.9 Å². The van der Waals surface area contributed by atoms with Crippen LogP contribution in [0.25, 0.3) is 11.0 Å². The van der Waals surface area contributed by atoms with Crippen molar-refractivity contribution in [2.24, 2.45) is 0 Å². The molecular formula is C12H11N5O3S2. The highest BCUT2D eigenvalue weighted by molar-refractivity contribution is 7.93. The van der Waals surface area contributed by atoms with Crippen molar-refractivity contribution in [3.8, 4) is 6.01 Å². The van der Waals surface area contributed by atoms with Crippen molar-refractivity contribution in [1.82, 2.24) is 18.7 Å². The first kappa shape index (κ1) is 14.6. The summed E-state index contributed by atoms with van der Waals surface area (Å²) in [6.07, 6.45) is 2.68. The lowest BCUT2D eigenvalue weighted by Crippen LogP contribution is -2.14. The van der Waals surface area contributed by atoms with E-state index in [1.54, 1.807) is 12.1 Å². The van der Waals surface area contributed by atoms with Crippen LogP contribution in [0, 0.1) is 0 Å². The first-order chi connectivity index (χ1) is 10.6. The first-order valence-electron chi connectivity index (χ1n) is 6.29. The molecule has 0 radical (unpaired) electrons. The Hall–Kier alpha value is -2.33. The molecule has 0 aliphatic rings.